The summed E-state index contributed by atoms with van der Waals surface area (Å²) in [6, 6.07) is 7.15. The largest absolute Gasteiger partial charge is 0.494 e. The number of nitrogens with zero attached hydrogens (tertiary/aromatic N) is 2. The van der Waals surface area contributed by atoms with E-state index in [4.69, 9.17) is 20.6 Å². The molecule has 0 unspecified atom stereocenters. The summed E-state index contributed by atoms with van der Waals surface area (Å²) < 4.78 is 11.0. The van der Waals surface area contributed by atoms with Crippen LogP contribution in [0.5, 0.6) is 17.4 Å². The molecule has 0 spiro atoms. The van der Waals surface area contributed by atoms with Crippen LogP contribution in [0.1, 0.15) is 12.6 Å². The second kappa shape index (κ2) is 5.81. The van der Waals surface area contributed by atoms with Crippen LogP contribution in [0.2, 0.25) is 0 Å². The third-order valence-corrected chi connectivity index (χ3v) is 2.25. The molecular formula is C13H14N4O2. The normalized spacial score (nSPS) is 9.95. The van der Waals surface area contributed by atoms with E-state index in [0.29, 0.717) is 18.1 Å². The Morgan fingerprint density at radius 2 is 2.00 bits per heavy atom. The Hall–Kier alpha value is -2.63. The Morgan fingerprint density at radius 3 is 2.74 bits per heavy atom. The average Bonchev–Trinajstić information content (AvgIpc) is 2.40. The third-order valence-electron chi connectivity index (χ3n) is 2.25. The first kappa shape index (κ1) is 12.8. The van der Waals surface area contributed by atoms with Gasteiger partial charge in [-0.25, -0.2) is 9.97 Å². The zero-order valence-electron chi connectivity index (χ0n) is 10.5. The van der Waals surface area contributed by atoms with Crippen LogP contribution < -0.4 is 15.2 Å². The maximum atomic E-state index is 7.42. The minimum absolute atomic E-state index is 0.191. The first-order chi connectivity index (χ1) is 9.20. The number of ether oxygens (including phenoxy) is 2. The lowest BCUT2D eigenvalue weighted by molar-refractivity contribution is 0.338. The van der Waals surface area contributed by atoms with Gasteiger partial charge in [-0.3, -0.25) is 5.41 Å². The van der Waals surface area contributed by atoms with Gasteiger partial charge in [0.1, 0.15) is 17.3 Å². The molecule has 0 radical (unpaired) electrons. The molecule has 2 aromatic rings. The molecule has 6 nitrogen and oxygen atoms in total. The molecular weight excluding hydrogens is 244 g/mol. The van der Waals surface area contributed by atoms with E-state index in [2.05, 4.69) is 9.97 Å². The summed E-state index contributed by atoms with van der Waals surface area (Å²) >= 11 is 0. The minimum atomic E-state index is -0.191. The topological polar surface area (TPSA) is 94.1 Å². The maximum absolute atomic E-state index is 7.42. The van der Waals surface area contributed by atoms with Crippen molar-refractivity contribution in [3.05, 3.63) is 42.4 Å². The van der Waals surface area contributed by atoms with E-state index in [1.165, 1.54) is 12.4 Å². The van der Waals surface area contributed by atoms with E-state index < -0.39 is 0 Å². The molecule has 3 N–H and O–H groups in total. The van der Waals surface area contributed by atoms with Crippen LogP contribution >= 0.6 is 0 Å². The molecule has 1 aromatic heterocycles. The van der Waals surface area contributed by atoms with Gasteiger partial charge in [0, 0.05) is 18.5 Å². The molecule has 6 heteroatoms. The van der Waals surface area contributed by atoms with Crippen LogP contribution in [0.15, 0.2) is 36.7 Å². The molecule has 1 aromatic carbocycles. The Bertz CT molecular complexity index is 586. The lowest BCUT2D eigenvalue weighted by Crippen LogP contribution is -2.15. The van der Waals surface area contributed by atoms with E-state index in [9.17, 15) is 0 Å². The molecule has 0 aliphatic carbocycles. The van der Waals surface area contributed by atoms with Crippen LogP contribution in [-0.2, 0) is 0 Å². The summed E-state index contributed by atoms with van der Waals surface area (Å²) in [6.45, 7) is 2.48. The quantitative estimate of drug-likeness (QED) is 0.631. The fourth-order valence-corrected chi connectivity index (χ4v) is 1.49. The molecule has 0 aliphatic heterocycles. The highest BCUT2D eigenvalue weighted by Gasteiger charge is 2.10. The monoisotopic (exact) mass is 258 g/mol. The number of rotatable bonds is 5. The van der Waals surface area contributed by atoms with Gasteiger partial charge in [-0.15, -0.1) is 0 Å². The molecule has 19 heavy (non-hydrogen) atoms. The van der Waals surface area contributed by atoms with Gasteiger partial charge in [-0.2, -0.15) is 0 Å². The van der Waals surface area contributed by atoms with Crippen molar-refractivity contribution in [2.75, 3.05) is 6.61 Å². The van der Waals surface area contributed by atoms with E-state index in [0.717, 1.165) is 0 Å². The second-order valence-corrected chi connectivity index (χ2v) is 3.63. The summed E-state index contributed by atoms with van der Waals surface area (Å²) in [5.41, 5.74) is 5.63. The van der Waals surface area contributed by atoms with Crippen molar-refractivity contribution in [3.63, 3.8) is 0 Å². The minimum Gasteiger partial charge on any atom is -0.494 e. The van der Waals surface area contributed by atoms with E-state index in [1.807, 2.05) is 19.1 Å². The van der Waals surface area contributed by atoms with Crippen LogP contribution in [0, 0.1) is 5.41 Å². The number of aromatic nitrogens is 2. The summed E-state index contributed by atoms with van der Waals surface area (Å²) in [5, 5.41) is 7.42. The molecule has 0 atom stereocenters. The predicted molar refractivity (Wildman–Crippen MR) is 70.7 cm³/mol. The van der Waals surface area contributed by atoms with Crippen molar-refractivity contribution >= 4 is 5.84 Å². The van der Waals surface area contributed by atoms with Crippen molar-refractivity contribution in [2.45, 2.75) is 6.92 Å². The first-order valence-corrected chi connectivity index (χ1v) is 5.77. The SMILES string of the molecule is CCOc1cccc(Oc2nccnc2C(=N)N)c1. The van der Waals surface area contributed by atoms with E-state index in [-0.39, 0.29) is 17.4 Å². The van der Waals surface area contributed by atoms with E-state index in [1.54, 1.807) is 12.1 Å². The summed E-state index contributed by atoms with van der Waals surface area (Å²) in [7, 11) is 0. The summed E-state index contributed by atoms with van der Waals surface area (Å²) in [6.07, 6.45) is 2.94. The predicted octanol–water partition coefficient (Wildman–Crippen LogP) is 1.95. The van der Waals surface area contributed by atoms with Gasteiger partial charge < -0.3 is 15.2 Å². The van der Waals surface area contributed by atoms with Crippen LogP contribution in [0.4, 0.5) is 0 Å². The Kier molecular flexibility index (Phi) is 3.92. The van der Waals surface area contributed by atoms with Gasteiger partial charge in [0.25, 0.3) is 0 Å². The Morgan fingerprint density at radius 1 is 1.26 bits per heavy atom. The smallest absolute Gasteiger partial charge is 0.249 e. The fourth-order valence-electron chi connectivity index (χ4n) is 1.49. The average molecular weight is 258 g/mol. The highest BCUT2D eigenvalue weighted by atomic mass is 16.5. The number of nitrogens with one attached hydrogen (secondary N) is 1. The first-order valence-electron chi connectivity index (χ1n) is 5.77. The van der Waals surface area contributed by atoms with Gasteiger partial charge in [0.05, 0.1) is 6.61 Å². The summed E-state index contributed by atoms with van der Waals surface area (Å²) in [5.74, 6) is 1.26. The number of amidine groups is 1. The van der Waals surface area contributed by atoms with E-state index >= 15 is 0 Å². The van der Waals surface area contributed by atoms with Crippen molar-refractivity contribution in [3.8, 4) is 17.4 Å². The number of benzene rings is 1. The molecule has 98 valence electrons. The van der Waals surface area contributed by atoms with Crippen molar-refractivity contribution in [1.82, 2.24) is 9.97 Å². The number of hydrogen-bond donors (Lipinski definition) is 2. The Balaban J connectivity index is 2.26. The molecule has 2 rings (SSSR count). The molecule has 0 aliphatic rings. The van der Waals surface area contributed by atoms with Crippen molar-refractivity contribution in [1.29, 1.82) is 5.41 Å². The zero-order chi connectivity index (χ0) is 13.7. The van der Waals surface area contributed by atoms with Crippen LogP contribution in [-0.4, -0.2) is 22.4 Å². The van der Waals surface area contributed by atoms with Gasteiger partial charge >= 0.3 is 0 Å². The number of nitrogens with two attached hydrogens (primary N) is 1. The lowest BCUT2D eigenvalue weighted by Gasteiger charge is -2.09. The van der Waals surface area contributed by atoms with Crippen molar-refractivity contribution in [2.24, 2.45) is 5.73 Å². The highest BCUT2D eigenvalue weighted by molar-refractivity contribution is 5.95. The molecule has 1 heterocycles. The second-order valence-electron chi connectivity index (χ2n) is 3.63. The third kappa shape index (κ3) is 3.19. The van der Waals surface area contributed by atoms with Gasteiger partial charge in [0.2, 0.25) is 5.88 Å². The molecule has 0 bridgehead atoms. The van der Waals surface area contributed by atoms with Gasteiger partial charge in [0.15, 0.2) is 5.69 Å². The molecule has 0 saturated heterocycles. The fraction of sp³-hybridized carbons (Fsp3) is 0.154. The maximum Gasteiger partial charge on any atom is 0.249 e. The standard InChI is InChI=1S/C13H14N4O2/c1-2-18-9-4-3-5-10(8-9)19-13-11(12(14)15)16-6-7-17-13/h3-8H,2H2,1H3,(H3,14,15). The van der Waals surface area contributed by atoms with Gasteiger partial charge in [-0.1, -0.05) is 6.07 Å². The molecule has 0 amide bonds. The Labute approximate surface area is 110 Å². The van der Waals surface area contributed by atoms with Gasteiger partial charge in [-0.05, 0) is 19.1 Å². The lowest BCUT2D eigenvalue weighted by atomic mass is 10.3. The molecule has 0 saturated carbocycles. The van der Waals surface area contributed by atoms with Crippen molar-refractivity contribution < 1.29 is 9.47 Å². The number of nitrogen functional groups attached to an aromatic ring is 1. The highest BCUT2D eigenvalue weighted by Crippen LogP contribution is 2.25. The zero-order valence-corrected chi connectivity index (χ0v) is 10.5. The van der Waals surface area contributed by atoms with Crippen LogP contribution in [0.25, 0.3) is 0 Å². The molecule has 0 fully saturated rings. The number of hydrogen-bond acceptors (Lipinski definition) is 5. The summed E-state index contributed by atoms with van der Waals surface area (Å²) in [4.78, 5) is 7.99. The van der Waals surface area contributed by atoms with Crippen LogP contribution in [0.3, 0.4) is 0 Å².